The highest BCUT2D eigenvalue weighted by Crippen LogP contribution is 2.28. The van der Waals surface area contributed by atoms with Crippen LogP contribution >= 0.6 is 12.4 Å². The summed E-state index contributed by atoms with van der Waals surface area (Å²) in [5.41, 5.74) is 0.443. The van der Waals surface area contributed by atoms with E-state index in [1.807, 2.05) is 0 Å². The molecule has 3 rings (SSSR count). The van der Waals surface area contributed by atoms with Crippen LogP contribution in [0.15, 0.2) is 40.8 Å². The molecule has 2 heterocycles. The number of nitrogens with one attached hydrogen (secondary N) is 2. The SMILES string of the molecule is COCC1(CNC(=O)CCc2ccc(-c3ccccc3F)o2)CCNCC1.Cl. The average molecular weight is 411 g/mol. The topological polar surface area (TPSA) is 63.5 Å². The van der Waals surface area contributed by atoms with Gasteiger partial charge >= 0.3 is 0 Å². The molecule has 1 aliphatic rings. The fraction of sp³-hybridized carbons (Fsp3) is 0.476. The van der Waals surface area contributed by atoms with Crippen molar-refractivity contribution in [1.29, 1.82) is 0 Å². The zero-order valence-corrected chi connectivity index (χ0v) is 16.9. The molecule has 0 unspecified atom stereocenters. The summed E-state index contributed by atoms with van der Waals surface area (Å²) in [5.74, 6) is 0.837. The van der Waals surface area contributed by atoms with Crippen LogP contribution in [0.25, 0.3) is 11.3 Å². The first-order chi connectivity index (χ1) is 13.1. The molecule has 0 saturated carbocycles. The zero-order valence-electron chi connectivity index (χ0n) is 16.1. The van der Waals surface area contributed by atoms with Gasteiger partial charge in [-0.3, -0.25) is 4.79 Å². The molecule has 0 spiro atoms. The van der Waals surface area contributed by atoms with Gasteiger partial charge in [0.15, 0.2) is 0 Å². The van der Waals surface area contributed by atoms with E-state index in [4.69, 9.17) is 9.15 Å². The first-order valence-electron chi connectivity index (χ1n) is 9.42. The fourth-order valence-corrected chi connectivity index (χ4v) is 3.56. The first-order valence-corrected chi connectivity index (χ1v) is 9.42. The number of aryl methyl sites for hydroxylation is 1. The Labute approximate surface area is 171 Å². The van der Waals surface area contributed by atoms with Gasteiger partial charge in [0.1, 0.15) is 17.3 Å². The number of carbonyl (C=O) groups excluding carboxylic acids is 1. The van der Waals surface area contributed by atoms with E-state index in [0.29, 0.717) is 43.1 Å². The van der Waals surface area contributed by atoms with Gasteiger partial charge in [-0.2, -0.15) is 0 Å². The molecule has 28 heavy (non-hydrogen) atoms. The minimum Gasteiger partial charge on any atom is -0.461 e. The van der Waals surface area contributed by atoms with Crippen molar-refractivity contribution < 1.29 is 18.3 Å². The largest absolute Gasteiger partial charge is 0.461 e. The number of ether oxygens (including phenoxy) is 1. The number of hydrogen-bond donors (Lipinski definition) is 2. The fourth-order valence-electron chi connectivity index (χ4n) is 3.56. The van der Waals surface area contributed by atoms with Crippen LogP contribution in [0.3, 0.4) is 0 Å². The highest BCUT2D eigenvalue weighted by atomic mass is 35.5. The van der Waals surface area contributed by atoms with Crippen LogP contribution in [0.4, 0.5) is 4.39 Å². The van der Waals surface area contributed by atoms with Crippen LogP contribution in [-0.2, 0) is 16.0 Å². The van der Waals surface area contributed by atoms with Gasteiger partial charge in [-0.05, 0) is 50.2 Å². The predicted molar refractivity (Wildman–Crippen MR) is 109 cm³/mol. The van der Waals surface area contributed by atoms with Gasteiger partial charge in [-0.25, -0.2) is 4.39 Å². The van der Waals surface area contributed by atoms with Crippen LogP contribution in [0, 0.1) is 11.2 Å². The lowest BCUT2D eigenvalue weighted by Gasteiger charge is -2.37. The Morgan fingerprint density at radius 1 is 1.25 bits per heavy atom. The summed E-state index contributed by atoms with van der Waals surface area (Å²) in [6, 6.07) is 10.0. The third-order valence-electron chi connectivity index (χ3n) is 5.17. The lowest BCUT2D eigenvalue weighted by Crippen LogP contribution is -2.47. The van der Waals surface area contributed by atoms with Gasteiger partial charge in [0, 0.05) is 31.9 Å². The second-order valence-electron chi connectivity index (χ2n) is 7.21. The number of carbonyl (C=O) groups is 1. The molecule has 1 amide bonds. The van der Waals surface area contributed by atoms with Crippen molar-refractivity contribution in [2.75, 3.05) is 33.4 Å². The van der Waals surface area contributed by atoms with Crippen LogP contribution < -0.4 is 10.6 Å². The normalized spacial score (nSPS) is 15.6. The minimum absolute atomic E-state index is 0. The molecule has 0 radical (unpaired) electrons. The Morgan fingerprint density at radius 2 is 2.00 bits per heavy atom. The van der Waals surface area contributed by atoms with Gasteiger partial charge in [-0.15, -0.1) is 12.4 Å². The maximum Gasteiger partial charge on any atom is 0.220 e. The molecule has 154 valence electrons. The maximum atomic E-state index is 13.8. The average Bonchev–Trinajstić information content (AvgIpc) is 3.15. The molecular formula is C21H28ClFN2O3. The standard InChI is InChI=1S/C21H27FN2O3.ClH/c1-26-15-21(10-12-23-13-11-21)14-24-20(25)9-7-16-6-8-19(27-16)17-4-2-3-5-18(17)22;/h2-6,8,23H,7,9-15H2,1H3,(H,24,25);1H. The summed E-state index contributed by atoms with van der Waals surface area (Å²) in [5, 5.41) is 6.39. The van der Waals surface area contributed by atoms with Gasteiger partial charge in [0.05, 0.1) is 12.2 Å². The van der Waals surface area contributed by atoms with Crippen molar-refractivity contribution in [2.45, 2.75) is 25.7 Å². The van der Waals surface area contributed by atoms with Crippen LogP contribution in [-0.4, -0.2) is 39.3 Å². The van der Waals surface area contributed by atoms with Crippen molar-refractivity contribution in [3.63, 3.8) is 0 Å². The van der Waals surface area contributed by atoms with E-state index in [-0.39, 0.29) is 29.5 Å². The Bertz CT molecular complexity index is 754. The third kappa shape index (κ3) is 5.80. The van der Waals surface area contributed by atoms with Crippen molar-refractivity contribution in [3.05, 3.63) is 48.0 Å². The van der Waals surface area contributed by atoms with Crippen molar-refractivity contribution in [1.82, 2.24) is 10.6 Å². The molecule has 7 heteroatoms. The Hall–Kier alpha value is -1.89. The molecule has 0 aliphatic carbocycles. The summed E-state index contributed by atoms with van der Waals surface area (Å²) >= 11 is 0. The number of hydrogen-bond acceptors (Lipinski definition) is 4. The molecule has 1 aromatic carbocycles. The highest BCUT2D eigenvalue weighted by molar-refractivity contribution is 5.85. The summed E-state index contributed by atoms with van der Waals surface area (Å²) in [6.07, 6.45) is 2.81. The van der Waals surface area contributed by atoms with E-state index < -0.39 is 0 Å². The molecule has 0 bridgehead atoms. The van der Waals surface area contributed by atoms with E-state index in [9.17, 15) is 9.18 Å². The third-order valence-corrected chi connectivity index (χ3v) is 5.17. The second-order valence-corrected chi connectivity index (χ2v) is 7.21. The molecular weight excluding hydrogens is 383 g/mol. The van der Waals surface area contributed by atoms with E-state index in [2.05, 4.69) is 10.6 Å². The maximum absolute atomic E-state index is 13.8. The number of piperidine rings is 1. The minimum atomic E-state index is -0.318. The lowest BCUT2D eigenvalue weighted by molar-refractivity contribution is -0.122. The smallest absolute Gasteiger partial charge is 0.220 e. The Morgan fingerprint density at radius 3 is 2.71 bits per heavy atom. The Kier molecular flexibility index (Phi) is 8.48. The Balaban J connectivity index is 0.00000280. The zero-order chi connectivity index (χ0) is 19.1. The molecule has 1 aromatic heterocycles. The summed E-state index contributed by atoms with van der Waals surface area (Å²) in [4.78, 5) is 12.3. The van der Waals surface area contributed by atoms with E-state index in [1.54, 1.807) is 37.4 Å². The number of methoxy groups -OCH3 is 1. The molecule has 2 aromatic rings. The van der Waals surface area contributed by atoms with Gasteiger partial charge in [-0.1, -0.05) is 12.1 Å². The highest BCUT2D eigenvalue weighted by Gasteiger charge is 2.32. The molecule has 2 N–H and O–H groups in total. The van der Waals surface area contributed by atoms with E-state index >= 15 is 0 Å². The van der Waals surface area contributed by atoms with Crippen molar-refractivity contribution >= 4 is 18.3 Å². The van der Waals surface area contributed by atoms with Crippen LogP contribution in [0.5, 0.6) is 0 Å². The molecule has 5 nitrogen and oxygen atoms in total. The van der Waals surface area contributed by atoms with Crippen molar-refractivity contribution in [2.24, 2.45) is 5.41 Å². The van der Waals surface area contributed by atoms with Crippen LogP contribution in [0.1, 0.15) is 25.0 Å². The lowest BCUT2D eigenvalue weighted by atomic mass is 9.79. The van der Waals surface area contributed by atoms with E-state index in [0.717, 1.165) is 25.9 Å². The van der Waals surface area contributed by atoms with E-state index in [1.165, 1.54) is 6.07 Å². The van der Waals surface area contributed by atoms with Gasteiger partial charge in [0.25, 0.3) is 0 Å². The van der Waals surface area contributed by atoms with Crippen molar-refractivity contribution in [3.8, 4) is 11.3 Å². The summed E-state index contributed by atoms with van der Waals surface area (Å²) in [6.45, 7) is 3.17. The molecule has 1 fully saturated rings. The molecule has 1 aliphatic heterocycles. The molecule has 0 atom stereocenters. The summed E-state index contributed by atoms with van der Waals surface area (Å²) in [7, 11) is 1.70. The predicted octanol–water partition coefficient (Wildman–Crippen LogP) is 3.57. The summed E-state index contributed by atoms with van der Waals surface area (Å²) < 4.78 is 24.9. The van der Waals surface area contributed by atoms with Gasteiger partial charge in [0.2, 0.25) is 5.91 Å². The van der Waals surface area contributed by atoms with Crippen LogP contribution in [0.2, 0.25) is 0 Å². The monoisotopic (exact) mass is 410 g/mol. The number of furan rings is 1. The number of amides is 1. The number of halogens is 2. The number of rotatable bonds is 8. The molecule has 1 saturated heterocycles. The second kappa shape index (κ2) is 10.6. The number of benzene rings is 1. The first kappa shape index (κ1) is 22.4. The van der Waals surface area contributed by atoms with Gasteiger partial charge < -0.3 is 19.8 Å². The quantitative estimate of drug-likeness (QED) is 0.698.